The van der Waals surface area contributed by atoms with Gasteiger partial charge in [-0.05, 0) is 36.6 Å². The SMILES string of the molecule is COc1ccc(C#N)cc1CN[C@@H](C)c1cccs1. The van der Waals surface area contributed by atoms with Gasteiger partial charge in [-0.15, -0.1) is 11.3 Å². The molecule has 1 N–H and O–H groups in total. The molecule has 0 aliphatic heterocycles. The molecule has 0 bridgehead atoms. The number of benzene rings is 1. The molecular formula is C15H16N2OS. The molecule has 0 fully saturated rings. The lowest BCUT2D eigenvalue weighted by atomic mass is 10.1. The van der Waals surface area contributed by atoms with E-state index in [4.69, 9.17) is 10.00 Å². The van der Waals surface area contributed by atoms with Gasteiger partial charge in [0.15, 0.2) is 0 Å². The van der Waals surface area contributed by atoms with Crippen molar-refractivity contribution >= 4 is 11.3 Å². The summed E-state index contributed by atoms with van der Waals surface area (Å²) in [5.41, 5.74) is 1.66. The summed E-state index contributed by atoms with van der Waals surface area (Å²) < 4.78 is 5.32. The molecule has 0 unspecified atom stereocenters. The second kappa shape index (κ2) is 6.37. The van der Waals surface area contributed by atoms with Crippen molar-refractivity contribution < 1.29 is 4.74 Å². The fourth-order valence-corrected chi connectivity index (χ4v) is 2.65. The zero-order valence-electron chi connectivity index (χ0n) is 11.0. The molecule has 0 amide bonds. The molecule has 1 heterocycles. The maximum atomic E-state index is 8.94. The highest BCUT2D eigenvalue weighted by Crippen LogP contribution is 2.22. The van der Waals surface area contributed by atoms with Crippen molar-refractivity contribution in [2.24, 2.45) is 0 Å². The van der Waals surface area contributed by atoms with Crippen LogP contribution >= 0.6 is 11.3 Å². The summed E-state index contributed by atoms with van der Waals surface area (Å²) in [6, 6.07) is 12.1. The first-order valence-corrected chi connectivity index (χ1v) is 6.96. The number of nitriles is 1. The van der Waals surface area contributed by atoms with Gasteiger partial charge in [-0.25, -0.2) is 0 Å². The second-order valence-corrected chi connectivity index (χ2v) is 5.24. The Bertz CT molecular complexity index is 572. The van der Waals surface area contributed by atoms with Crippen molar-refractivity contribution in [3.63, 3.8) is 0 Å². The highest BCUT2D eigenvalue weighted by Gasteiger charge is 2.09. The van der Waals surface area contributed by atoms with Crippen molar-refractivity contribution in [2.45, 2.75) is 19.5 Å². The van der Waals surface area contributed by atoms with Gasteiger partial charge in [0.05, 0.1) is 18.7 Å². The molecule has 19 heavy (non-hydrogen) atoms. The van der Waals surface area contributed by atoms with E-state index in [1.807, 2.05) is 12.1 Å². The van der Waals surface area contributed by atoms with E-state index in [0.29, 0.717) is 12.1 Å². The average molecular weight is 272 g/mol. The molecule has 0 aliphatic rings. The molecule has 1 aromatic heterocycles. The van der Waals surface area contributed by atoms with Gasteiger partial charge < -0.3 is 10.1 Å². The summed E-state index contributed by atoms with van der Waals surface area (Å²) in [7, 11) is 1.65. The van der Waals surface area contributed by atoms with E-state index in [1.165, 1.54) is 4.88 Å². The first kappa shape index (κ1) is 13.6. The predicted molar refractivity (Wildman–Crippen MR) is 77.3 cm³/mol. The summed E-state index contributed by atoms with van der Waals surface area (Å²) >= 11 is 1.74. The van der Waals surface area contributed by atoms with Crippen LogP contribution in [0.2, 0.25) is 0 Å². The summed E-state index contributed by atoms with van der Waals surface area (Å²) in [4.78, 5) is 1.30. The maximum absolute atomic E-state index is 8.94. The lowest BCUT2D eigenvalue weighted by molar-refractivity contribution is 0.406. The van der Waals surface area contributed by atoms with E-state index in [1.54, 1.807) is 24.5 Å². The normalized spacial score (nSPS) is 11.8. The smallest absolute Gasteiger partial charge is 0.123 e. The highest BCUT2D eigenvalue weighted by atomic mass is 32.1. The van der Waals surface area contributed by atoms with Crippen molar-refractivity contribution in [1.29, 1.82) is 5.26 Å². The topological polar surface area (TPSA) is 45.0 Å². The largest absolute Gasteiger partial charge is 0.496 e. The first-order valence-electron chi connectivity index (χ1n) is 6.08. The Morgan fingerprint density at radius 3 is 2.89 bits per heavy atom. The zero-order valence-corrected chi connectivity index (χ0v) is 11.8. The number of hydrogen-bond donors (Lipinski definition) is 1. The van der Waals surface area contributed by atoms with Crippen molar-refractivity contribution in [3.05, 3.63) is 51.7 Å². The van der Waals surface area contributed by atoms with Crippen molar-refractivity contribution in [1.82, 2.24) is 5.32 Å². The molecule has 1 aromatic carbocycles. The Morgan fingerprint density at radius 2 is 2.26 bits per heavy atom. The minimum Gasteiger partial charge on any atom is -0.496 e. The third-order valence-corrected chi connectivity index (χ3v) is 4.03. The third kappa shape index (κ3) is 3.34. The molecule has 2 rings (SSSR count). The molecule has 0 spiro atoms. The quantitative estimate of drug-likeness (QED) is 0.906. The van der Waals surface area contributed by atoms with E-state index in [-0.39, 0.29) is 6.04 Å². The first-order chi connectivity index (χ1) is 9.24. The summed E-state index contributed by atoms with van der Waals surface area (Å²) in [6.07, 6.45) is 0. The Morgan fingerprint density at radius 1 is 1.42 bits per heavy atom. The Labute approximate surface area is 117 Å². The molecule has 0 saturated heterocycles. The maximum Gasteiger partial charge on any atom is 0.123 e. The Balaban J connectivity index is 2.08. The van der Waals surface area contributed by atoms with E-state index in [0.717, 1.165) is 11.3 Å². The minimum absolute atomic E-state index is 0.287. The van der Waals surface area contributed by atoms with Crippen LogP contribution in [0.25, 0.3) is 0 Å². The number of nitrogens with zero attached hydrogens (tertiary/aromatic N) is 1. The fourth-order valence-electron chi connectivity index (χ4n) is 1.89. The Hall–Kier alpha value is -1.83. The molecule has 2 aromatic rings. The monoisotopic (exact) mass is 272 g/mol. The van der Waals surface area contributed by atoms with Crippen LogP contribution < -0.4 is 10.1 Å². The molecule has 98 valence electrons. The van der Waals surface area contributed by atoms with Gasteiger partial charge in [0.25, 0.3) is 0 Å². The lowest BCUT2D eigenvalue weighted by Crippen LogP contribution is -2.17. The highest BCUT2D eigenvalue weighted by molar-refractivity contribution is 7.10. The fraction of sp³-hybridized carbons (Fsp3) is 0.267. The molecule has 4 heteroatoms. The van der Waals surface area contributed by atoms with Crippen LogP contribution in [0.4, 0.5) is 0 Å². The van der Waals surface area contributed by atoms with Gasteiger partial charge in [0, 0.05) is 23.0 Å². The summed E-state index contributed by atoms with van der Waals surface area (Å²) in [6.45, 7) is 2.81. The molecule has 1 atom stereocenters. The number of rotatable bonds is 5. The lowest BCUT2D eigenvalue weighted by Gasteiger charge is -2.14. The van der Waals surface area contributed by atoms with Gasteiger partial charge in [-0.3, -0.25) is 0 Å². The molecule has 0 aliphatic carbocycles. The second-order valence-electron chi connectivity index (χ2n) is 4.26. The molecule has 3 nitrogen and oxygen atoms in total. The van der Waals surface area contributed by atoms with Crippen LogP contribution in [0.3, 0.4) is 0 Å². The predicted octanol–water partition coefficient (Wildman–Crippen LogP) is 3.48. The number of methoxy groups -OCH3 is 1. The number of hydrogen-bond acceptors (Lipinski definition) is 4. The van der Waals surface area contributed by atoms with Gasteiger partial charge in [-0.1, -0.05) is 6.07 Å². The molecule has 0 saturated carbocycles. The van der Waals surface area contributed by atoms with Crippen LogP contribution in [-0.4, -0.2) is 7.11 Å². The summed E-state index contributed by atoms with van der Waals surface area (Å²) in [5.74, 6) is 0.810. The molecule has 0 radical (unpaired) electrons. The van der Waals surface area contributed by atoms with Gasteiger partial charge >= 0.3 is 0 Å². The minimum atomic E-state index is 0.287. The number of ether oxygens (including phenoxy) is 1. The zero-order chi connectivity index (χ0) is 13.7. The third-order valence-electron chi connectivity index (χ3n) is 2.98. The number of nitrogens with one attached hydrogen (secondary N) is 1. The molecular weight excluding hydrogens is 256 g/mol. The van der Waals surface area contributed by atoms with Gasteiger partial charge in [0.1, 0.15) is 5.75 Å². The van der Waals surface area contributed by atoms with E-state index < -0.39 is 0 Å². The van der Waals surface area contributed by atoms with Crippen molar-refractivity contribution in [2.75, 3.05) is 7.11 Å². The van der Waals surface area contributed by atoms with Crippen LogP contribution in [0.5, 0.6) is 5.75 Å². The van der Waals surface area contributed by atoms with Crippen LogP contribution in [0, 0.1) is 11.3 Å². The van der Waals surface area contributed by atoms with Crippen LogP contribution in [0.1, 0.15) is 29.0 Å². The van der Waals surface area contributed by atoms with Gasteiger partial charge in [-0.2, -0.15) is 5.26 Å². The Kier molecular flexibility index (Phi) is 4.56. The van der Waals surface area contributed by atoms with E-state index in [2.05, 4.69) is 35.8 Å². The van der Waals surface area contributed by atoms with Crippen LogP contribution in [0.15, 0.2) is 35.7 Å². The van der Waals surface area contributed by atoms with Crippen molar-refractivity contribution in [3.8, 4) is 11.8 Å². The van der Waals surface area contributed by atoms with Crippen LogP contribution in [-0.2, 0) is 6.54 Å². The van der Waals surface area contributed by atoms with E-state index >= 15 is 0 Å². The average Bonchev–Trinajstić information content (AvgIpc) is 2.98. The van der Waals surface area contributed by atoms with Gasteiger partial charge in [0.2, 0.25) is 0 Å². The number of thiophene rings is 1. The summed E-state index contributed by atoms with van der Waals surface area (Å²) in [5, 5.41) is 14.5. The van der Waals surface area contributed by atoms with E-state index in [9.17, 15) is 0 Å². The standard InChI is InChI=1S/C15H16N2OS/c1-11(15-4-3-7-19-15)17-10-13-8-12(9-16)5-6-14(13)18-2/h3-8,11,17H,10H2,1-2H3/t11-/m0/s1.